The number of alkyl halides is 1. The van der Waals surface area contributed by atoms with E-state index < -0.39 is 35.4 Å². The van der Waals surface area contributed by atoms with E-state index in [1.807, 2.05) is 0 Å². The zero-order valence-electron chi connectivity index (χ0n) is 11.5. The summed E-state index contributed by atoms with van der Waals surface area (Å²) in [4.78, 5) is 24.9. The lowest BCUT2D eigenvalue weighted by atomic mass is 9.98. The van der Waals surface area contributed by atoms with Crippen LogP contribution in [0.3, 0.4) is 0 Å². The van der Waals surface area contributed by atoms with Gasteiger partial charge in [0.05, 0.1) is 6.61 Å². The minimum atomic E-state index is -1.94. The van der Waals surface area contributed by atoms with Gasteiger partial charge in [0.1, 0.15) is 12.2 Å². The van der Waals surface area contributed by atoms with Gasteiger partial charge in [-0.25, -0.2) is 9.18 Å². The third kappa shape index (κ3) is 2.41. The number of nitrogens with zero attached hydrogens (tertiary/aromatic N) is 1. The molecule has 1 saturated heterocycles. The van der Waals surface area contributed by atoms with E-state index in [-0.39, 0.29) is 6.61 Å². The van der Waals surface area contributed by atoms with Crippen molar-refractivity contribution >= 4 is 0 Å². The summed E-state index contributed by atoms with van der Waals surface area (Å²) in [5, 5.41) is 0. The first-order valence-electron chi connectivity index (χ1n) is 6.09. The maximum atomic E-state index is 14.9. The summed E-state index contributed by atoms with van der Waals surface area (Å²) in [6.45, 7) is 1.42. The van der Waals surface area contributed by atoms with Crippen LogP contribution >= 0.6 is 0 Å². The third-order valence-electron chi connectivity index (χ3n) is 3.37. The maximum Gasteiger partial charge on any atom is 0.330 e. The lowest BCUT2D eigenvalue weighted by molar-refractivity contribution is -0.0667. The second kappa shape index (κ2) is 5.47. The standard InChI is InChI=1S/C12H17FN2O5/c1-12(13)9(19-3)7(6-18-2)20-10(12)15-5-4-8(16)14-11(15)17/h4-5,7,9-10H,6H2,1-3H3,(H,14,16,17)/t7-,9-,10-,12-/m1/s1. The van der Waals surface area contributed by atoms with Gasteiger partial charge in [-0.05, 0) is 6.92 Å². The molecule has 1 aliphatic heterocycles. The number of H-pyrrole nitrogens is 1. The molecule has 20 heavy (non-hydrogen) atoms. The first-order valence-corrected chi connectivity index (χ1v) is 6.09. The van der Waals surface area contributed by atoms with Crippen molar-refractivity contribution in [1.29, 1.82) is 0 Å². The molecule has 2 heterocycles. The van der Waals surface area contributed by atoms with Crippen LogP contribution in [0.4, 0.5) is 4.39 Å². The highest BCUT2D eigenvalue weighted by Gasteiger charge is 2.56. The summed E-state index contributed by atoms with van der Waals surface area (Å²) in [6, 6.07) is 1.13. The fourth-order valence-corrected chi connectivity index (χ4v) is 2.50. The van der Waals surface area contributed by atoms with E-state index in [2.05, 4.69) is 4.98 Å². The Morgan fingerprint density at radius 3 is 2.75 bits per heavy atom. The first kappa shape index (κ1) is 14.9. The molecule has 1 N–H and O–H groups in total. The van der Waals surface area contributed by atoms with Crippen molar-refractivity contribution in [2.75, 3.05) is 20.8 Å². The average molecular weight is 288 g/mol. The van der Waals surface area contributed by atoms with Crippen LogP contribution in [-0.4, -0.2) is 48.3 Å². The van der Waals surface area contributed by atoms with Crippen LogP contribution in [0.1, 0.15) is 13.2 Å². The van der Waals surface area contributed by atoms with Gasteiger partial charge in [-0.2, -0.15) is 0 Å². The summed E-state index contributed by atoms with van der Waals surface area (Å²) in [7, 11) is 2.83. The van der Waals surface area contributed by atoms with E-state index >= 15 is 0 Å². The molecule has 1 fully saturated rings. The third-order valence-corrected chi connectivity index (χ3v) is 3.37. The van der Waals surface area contributed by atoms with Crippen molar-refractivity contribution in [3.63, 3.8) is 0 Å². The summed E-state index contributed by atoms with van der Waals surface area (Å²) < 4.78 is 31.6. The van der Waals surface area contributed by atoms with Gasteiger partial charge in [-0.1, -0.05) is 0 Å². The number of nitrogens with one attached hydrogen (secondary N) is 1. The minimum absolute atomic E-state index is 0.132. The summed E-state index contributed by atoms with van der Waals surface area (Å²) in [6.07, 6.45) is -1.53. The van der Waals surface area contributed by atoms with Crippen LogP contribution in [0.2, 0.25) is 0 Å². The van der Waals surface area contributed by atoms with E-state index in [4.69, 9.17) is 14.2 Å². The fourth-order valence-electron chi connectivity index (χ4n) is 2.50. The normalized spacial score (nSPS) is 33.5. The Balaban J connectivity index is 2.41. The molecule has 0 unspecified atom stereocenters. The molecule has 1 aromatic heterocycles. The fraction of sp³-hybridized carbons (Fsp3) is 0.667. The Morgan fingerprint density at radius 2 is 2.20 bits per heavy atom. The predicted molar refractivity (Wildman–Crippen MR) is 67.4 cm³/mol. The number of ether oxygens (including phenoxy) is 3. The summed E-state index contributed by atoms with van der Waals surface area (Å²) in [5.74, 6) is 0. The number of aromatic amines is 1. The molecule has 0 amide bonds. The van der Waals surface area contributed by atoms with Crippen molar-refractivity contribution < 1.29 is 18.6 Å². The Hall–Kier alpha value is -1.51. The number of rotatable bonds is 4. The molecule has 0 aliphatic carbocycles. The van der Waals surface area contributed by atoms with Gasteiger partial charge in [0.2, 0.25) is 0 Å². The smallest absolute Gasteiger partial charge is 0.330 e. The average Bonchev–Trinajstić information content (AvgIpc) is 2.61. The van der Waals surface area contributed by atoms with Gasteiger partial charge in [0.15, 0.2) is 11.9 Å². The molecule has 1 aromatic rings. The minimum Gasteiger partial charge on any atom is -0.382 e. The highest BCUT2D eigenvalue weighted by atomic mass is 19.1. The molecular formula is C12H17FN2O5. The summed E-state index contributed by atoms with van der Waals surface area (Å²) >= 11 is 0. The number of methoxy groups -OCH3 is 2. The van der Waals surface area contributed by atoms with Crippen LogP contribution in [0.15, 0.2) is 21.9 Å². The predicted octanol–water partition coefficient (Wildman–Crippen LogP) is -0.176. The number of aromatic nitrogens is 2. The zero-order chi connectivity index (χ0) is 14.9. The lowest BCUT2D eigenvalue weighted by Crippen LogP contribution is -2.44. The monoisotopic (exact) mass is 288 g/mol. The van der Waals surface area contributed by atoms with Gasteiger partial charge in [-0.3, -0.25) is 14.3 Å². The topological polar surface area (TPSA) is 82.5 Å². The van der Waals surface area contributed by atoms with E-state index in [9.17, 15) is 14.0 Å². The second-order valence-corrected chi connectivity index (χ2v) is 4.81. The van der Waals surface area contributed by atoms with Crippen LogP contribution in [0.5, 0.6) is 0 Å². The van der Waals surface area contributed by atoms with Gasteiger partial charge in [0.25, 0.3) is 5.56 Å². The van der Waals surface area contributed by atoms with Gasteiger partial charge in [0, 0.05) is 26.5 Å². The largest absolute Gasteiger partial charge is 0.382 e. The van der Waals surface area contributed by atoms with E-state index in [1.54, 1.807) is 0 Å². The number of hydrogen-bond donors (Lipinski definition) is 1. The van der Waals surface area contributed by atoms with Gasteiger partial charge in [-0.15, -0.1) is 0 Å². The molecule has 0 saturated carbocycles. The first-order chi connectivity index (χ1) is 9.41. The van der Waals surface area contributed by atoms with Gasteiger partial charge < -0.3 is 14.2 Å². The molecule has 0 radical (unpaired) electrons. The Labute approximate surface area is 114 Å². The highest BCUT2D eigenvalue weighted by molar-refractivity contribution is 5.02. The molecule has 1 aliphatic rings. The van der Waals surface area contributed by atoms with E-state index in [1.165, 1.54) is 27.3 Å². The quantitative estimate of drug-likeness (QED) is 0.831. The Kier molecular flexibility index (Phi) is 4.07. The van der Waals surface area contributed by atoms with E-state index in [0.29, 0.717) is 0 Å². The van der Waals surface area contributed by atoms with Crippen molar-refractivity contribution in [3.05, 3.63) is 33.1 Å². The zero-order valence-corrected chi connectivity index (χ0v) is 11.5. The van der Waals surface area contributed by atoms with Crippen LogP contribution < -0.4 is 11.2 Å². The Bertz CT molecular complexity index is 582. The lowest BCUT2D eigenvalue weighted by Gasteiger charge is -2.26. The van der Waals surface area contributed by atoms with Crippen LogP contribution in [0.25, 0.3) is 0 Å². The van der Waals surface area contributed by atoms with Crippen molar-refractivity contribution in [2.45, 2.75) is 31.0 Å². The van der Waals surface area contributed by atoms with Crippen LogP contribution in [-0.2, 0) is 14.2 Å². The second-order valence-electron chi connectivity index (χ2n) is 4.81. The molecule has 0 spiro atoms. The number of hydrogen-bond acceptors (Lipinski definition) is 5. The molecule has 8 heteroatoms. The molecule has 4 atom stereocenters. The molecule has 0 bridgehead atoms. The molecule has 0 aromatic carbocycles. The molecule has 112 valence electrons. The van der Waals surface area contributed by atoms with E-state index in [0.717, 1.165) is 10.6 Å². The Morgan fingerprint density at radius 1 is 1.50 bits per heavy atom. The van der Waals surface area contributed by atoms with Crippen molar-refractivity contribution in [2.24, 2.45) is 0 Å². The van der Waals surface area contributed by atoms with Gasteiger partial charge >= 0.3 is 5.69 Å². The molecular weight excluding hydrogens is 271 g/mol. The van der Waals surface area contributed by atoms with Crippen molar-refractivity contribution in [3.8, 4) is 0 Å². The maximum absolute atomic E-state index is 14.9. The van der Waals surface area contributed by atoms with Crippen molar-refractivity contribution in [1.82, 2.24) is 9.55 Å². The summed E-state index contributed by atoms with van der Waals surface area (Å²) in [5.41, 5.74) is -3.24. The molecule has 7 nitrogen and oxygen atoms in total. The highest BCUT2D eigenvalue weighted by Crippen LogP contribution is 2.42. The van der Waals surface area contributed by atoms with Crippen LogP contribution in [0, 0.1) is 0 Å². The SMILES string of the molecule is COC[C@H]1O[C@@H](n2ccc(=O)[nH]c2=O)[C@](C)(F)[C@@H]1OC. The number of halogens is 1. The molecule has 2 rings (SSSR count).